The molecule has 1 aliphatic heterocycles. The average Bonchev–Trinajstić information content (AvgIpc) is 2.36. The molecular formula is C7H8O2S. The van der Waals surface area contributed by atoms with E-state index in [1.807, 2.05) is 6.08 Å². The summed E-state index contributed by atoms with van der Waals surface area (Å²) in [7, 11) is 0. The number of ketones is 1. The van der Waals surface area contributed by atoms with Crippen LogP contribution in [0, 0.1) is 0 Å². The first-order chi connectivity index (χ1) is 4.88. The fraction of sp³-hybridized carbons (Fsp3) is 0.571. The summed E-state index contributed by atoms with van der Waals surface area (Å²) < 4.78 is 5.23. The number of Topliss-reactive ketones (excluding diaryl/α,β-unsaturated/α-hetero) is 1. The third-order valence-electron chi connectivity index (χ3n) is 1.75. The fourth-order valence-electron chi connectivity index (χ4n) is 1.23. The van der Waals surface area contributed by atoms with Crippen LogP contribution in [-0.2, 0) is 9.53 Å². The van der Waals surface area contributed by atoms with Crippen molar-refractivity contribution in [2.45, 2.75) is 18.1 Å². The molecule has 0 amide bonds. The number of ether oxygens (including phenoxy) is 1. The summed E-state index contributed by atoms with van der Waals surface area (Å²) in [6.45, 7) is 0. The Kier molecular flexibility index (Phi) is 1.45. The molecule has 2 nitrogen and oxygen atoms in total. The summed E-state index contributed by atoms with van der Waals surface area (Å²) in [6, 6.07) is 0. The SMILES string of the molecule is O=C1CCC=C2OCSC12. The molecule has 2 rings (SSSR count). The van der Waals surface area contributed by atoms with Crippen LogP contribution in [0.25, 0.3) is 0 Å². The number of hydrogen-bond acceptors (Lipinski definition) is 3. The topological polar surface area (TPSA) is 26.3 Å². The lowest BCUT2D eigenvalue weighted by Gasteiger charge is -2.11. The van der Waals surface area contributed by atoms with Crippen molar-refractivity contribution < 1.29 is 9.53 Å². The molecule has 0 radical (unpaired) electrons. The Morgan fingerprint density at radius 3 is 3.40 bits per heavy atom. The monoisotopic (exact) mass is 156 g/mol. The number of allylic oxidation sites excluding steroid dienone is 1. The van der Waals surface area contributed by atoms with Crippen molar-refractivity contribution in [3.63, 3.8) is 0 Å². The Morgan fingerprint density at radius 2 is 2.60 bits per heavy atom. The molecule has 0 aromatic heterocycles. The molecule has 54 valence electrons. The first-order valence-corrected chi connectivity index (χ1v) is 4.40. The van der Waals surface area contributed by atoms with E-state index in [0.717, 1.165) is 12.2 Å². The molecule has 0 N–H and O–H groups in total. The second-order valence-corrected chi connectivity index (χ2v) is 3.46. The smallest absolute Gasteiger partial charge is 0.153 e. The Morgan fingerprint density at radius 1 is 1.70 bits per heavy atom. The fourth-order valence-corrected chi connectivity index (χ4v) is 2.21. The second-order valence-electron chi connectivity index (χ2n) is 2.42. The number of carbonyl (C=O) groups is 1. The summed E-state index contributed by atoms with van der Waals surface area (Å²) in [6.07, 6.45) is 3.60. The van der Waals surface area contributed by atoms with E-state index in [-0.39, 0.29) is 5.25 Å². The van der Waals surface area contributed by atoms with Gasteiger partial charge in [0, 0.05) is 6.42 Å². The number of rotatable bonds is 0. The van der Waals surface area contributed by atoms with Crippen LogP contribution >= 0.6 is 11.8 Å². The number of carbonyl (C=O) groups excluding carboxylic acids is 1. The van der Waals surface area contributed by atoms with E-state index in [1.54, 1.807) is 11.8 Å². The summed E-state index contributed by atoms with van der Waals surface area (Å²) >= 11 is 1.59. The van der Waals surface area contributed by atoms with Crippen LogP contribution in [0.3, 0.4) is 0 Å². The zero-order valence-electron chi connectivity index (χ0n) is 5.50. The van der Waals surface area contributed by atoms with E-state index in [4.69, 9.17) is 4.74 Å². The lowest BCUT2D eigenvalue weighted by atomic mass is 10.0. The highest BCUT2D eigenvalue weighted by Gasteiger charge is 2.31. The molecule has 0 saturated carbocycles. The van der Waals surface area contributed by atoms with Crippen LogP contribution in [0.1, 0.15) is 12.8 Å². The third kappa shape index (κ3) is 0.850. The molecule has 3 heteroatoms. The van der Waals surface area contributed by atoms with Gasteiger partial charge in [0.1, 0.15) is 16.9 Å². The summed E-state index contributed by atoms with van der Waals surface area (Å²) in [5.74, 6) is 1.89. The van der Waals surface area contributed by atoms with E-state index in [9.17, 15) is 4.79 Å². The standard InChI is InChI=1S/C7H8O2S/c8-5-2-1-3-6-7(5)10-4-9-6/h3,7H,1-2,4H2. The van der Waals surface area contributed by atoms with Gasteiger partial charge in [-0.15, -0.1) is 11.8 Å². The molecule has 1 fully saturated rings. The maximum atomic E-state index is 11.1. The zero-order chi connectivity index (χ0) is 6.97. The van der Waals surface area contributed by atoms with Gasteiger partial charge in [-0.2, -0.15) is 0 Å². The van der Waals surface area contributed by atoms with Crippen molar-refractivity contribution in [3.8, 4) is 0 Å². The molecule has 0 aromatic rings. The number of hydrogen-bond donors (Lipinski definition) is 0. The second kappa shape index (κ2) is 2.31. The minimum Gasteiger partial charge on any atom is -0.486 e. The van der Waals surface area contributed by atoms with Crippen molar-refractivity contribution in [1.82, 2.24) is 0 Å². The van der Waals surface area contributed by atoms with Crippen LogP contribution in [0.2, 0.25) is 0 Å². The minimum atomic E-state index is 0.0498. The van der Waals surface area contributed by atoms with E-state index in [1.165, 1.54) is 0 Å². The van der Waals surface area contributed by atoms with Gasteiger partial charge in [0.25, 0.3) is 0 Å². The molecule has 2 aliphatic rings. The Balaban J connectivity index is 2.26. The predicted molar refractivity (Wildman–Crippen MR) is 39.7 cm³/mol. The number of thioether (sulfide) groups is 1. The zero-order valence-corrected chi connectivity index (χ0v) is 6.32. The lowest BCUT2D eigenvalue weighted by molar-refractivity contribution is -0.118. The van der Waals surface area contributed by atoms with Crippen molar-refractivity contribution in [1.29, 1.82) is 0 Å². The summed E-state index contributed by atoms with van der Waals surface area (Å²) in [5, 5.41) is 0.0498. The first kappa shape index (κ1) is 6.28. The molecule has 10 heavy (non-hydrogen) atoms. The molecule has 0 spiro atoms. The van der Waals surface area contributed by atoms with Gasteiger partial charge in [0.15, 0.2) is 5.78 Å². The Bertz CT molecular complexity index is 198. The van der Waals surface area contributed by atoms with Crippen LogP contribution < -0.4 is 0 Å². The Hall–Kier alpha value is -0.440. The van der Waals surface area contributed by atoms with Crippen molar-refractivity contribution >= 4 is 17.5 Å². The maximum absolute atomic E-state index is 11.1. The van der Waals surface area contributed by atoms with E-state index < -0.39 is 0 Å². The minimum absolute atomic E-state index is 0.0498. The van der Waals surface area contributed by atoms with Crippen molar-refractivity contribution in [2.24, 2.45) is 0 Å². The van der Waals surface area contributed by atoms with E-state index >= 15 is 0 Å². The molecule has 1 atom stereocenters. The van der Waals surface area contributed by atoms with Crippen LogP contribution in [0.5, 0.6) is 0 Å². The van der Waals surface area contributed by atoms with Gasteiger partial charge < -0.3 is 4.74 Å². The largest absolute Gasteiger partial charge is 0.486 e. The van der Waals surface area contributed by atoms with Gasteiger partial charge in [-0.3, -0.25) is 4.79 Å². The van der Waals surface area contributed by atoms with E-state index in [2.05, 4.69) is 0 Å². The highest BCUT2D eigenvalue weighted by molar-refractivity contribution is 8.00. The molecule has 1 saturated heterocycles. The van der Waals surface area contributed by atoms with Gasteiger partial charge in [-0.25, -0.2) is 0 Å². The van der Waals surface area contributed by atoms with Gasteiger partial charge in [-0.05, 0) is 12.5 Å². The first-order valence-electron chi connectivity index (χ1n) is 3.35. The van der Waals surface area contributed by atoms with Gasteiger partial charge in [-0.1, -0.05) is 0 Å². The quantitative estimate of drug-likeness (QED) is 0.529. The summed E-state index contributed by atoms with van der Waals surface area (Å²) in [5.41, 5.74) is 0. The maximum Gasteiger partial charge on any atom is 0.153 e. The average molecular weight is 156 g/mol. The van der Waals surface area contributed by atoms with Crippen LogP contribution in [-0.4, -0.2) is 17.0 Å². The molecule has 1 unspecified atom stereocenters. The van der Waals surface area contributed by atoms with Gasteiger partial charge >= 0.3 is 0 Å². The summed E-state index contributed by atoms with van der Waals surface area (Å²) in [4.78, 5) is 11.1. The highest BCUT2D eigenvalue weighted by Crippen LogP contribution is 2.33. The van der Waals surface area contributed by atoms with Crippen LogP contribution in [0.15, 0.2) is 11.8 Å². The Labute approximate surface area is 63.6 Å². The van der Waals surface area contributed by atoms with Crippen molar-refractivity contribution in [2.75, 3.05) is 5.94 Å². The molecule has 1 heterocycles. The predicted octanol–water partition coefficient (Wildman–Crippen LogP) is 1.32. The van der Waals surface area contributed by atoms with Gasteiger partial charge in [0.05, 0.1) is 0 Å². The molecule has 0 aromatic carbocycles. The lowest BCUT2D eigenvalue weighted by Crippen LogP contribution is -2.19. The van der Waals surface area contributed by atoms with Crippen LogP contribution in [0.4, 0.5) is 0 Å². The van der Waals surface area contributed by atoms with Gasteiger partial charge in [0.2, 0.25) is 0 Å². The highest BCUT2D eigenvalue weighted by atomic mass is 32.2. The molecular weight excluding hydrogens is 148 g/mol. The number of fused-ring (bicyclic) bond motifs is 1. The third-order valence-corrected chi connectivity index (χ3v) is 2.83. The molecule has 1 aliphatic carbocycles. The van der Waals surface area contributed by atoms with Crippen molar-refractivity contribution in [3.05, 3.63) is 11.8 Å². The van der Waals surface area contributed by atoms with E-state index in [0.29, 0.717) is 18.1 Å². The normalized spacial score (nSPS) is 31.0. The molecule has 0 bridgehead atoms.